The molecule has 1 amide bonds. The van der Waals surface area contributed by atoms with E-state index in [9.17, 15) is 14.7 Å². The zero-order valence-electron chi connectivity index (χ0n) is 18.8. The van der Waals surface area contributed by atoms with E-state index in [2.05, 4.69) is 18.8 Å². The summed E-state index contributed by atoms with van der Waals surface area (Å²) in [6, 6.07) is 14.4. The predicted octanol–water partition coefficient (Wildman–Crippen LogP) is 5.82. The molecule has 0 unspecified atom stereocenters. The topological polar surface area (TPSA) is 70.5 Å². The maximum atomic E-state index is 13.2. The van der Waals surface area contributed by atoms with Crippen LogP contribution < -0.4 is 4.90 Å². The van der Waals surface area contributed by atoms with Crippen LogP contribution in [0, 0.1) is 20.8 Å². The van der Waals surface area contributed by atoms with Gasteiger partial charge in [0.2, 0.25) is 0 Å². The van der Waals surface area contributed by atoms with Gasteiger partial charge in [0, 0.05) is 10.4 Å². The number of amides is 1. The standard InChI is InChI=1S/C26H26N2O3S/c1-14(2)18-10-12-19(13-11-18)22-21(23(29)20-8-6-15(3)7-9-20)24(30)25(31)28(22)26-27-16(4)17(5)32-26/h6-14,22,29H,1-5H3/t22-/m0/s1. The van der Waals surface area contributed by atoms with Gasteiger partial charge in [0.05, 0.1) is 17.3 Å². The lowest BCUT2D eigenvalue weighted by molar-refractivity contribution is -0.132. The van der Waals surface area contributed by atoms with Gasteiger partial charge in [0.1, 0.15) is 5.76 Å². The Balaban J connectivity index is 1.92. The molecule has 3 aromatic rings. The lowest BCUT2D eigenvalue weighted by Gasteiger charge is -2.23. The van der Waals surface area contributed by atoms with Crippen LogP contribution in [0.15, 0.2) is 54.1 Å². The van der Waals surface area contributed by atoms with Crippen molar-refractivity contribution in [1.82, 2.24) is 4.98 Å². The van der Waals surface area contributed by atoms with E-state index in [1.807, 2.05) is 57.2 Å². The third kappa shape index (κ3) is 3.75. The molecule has 0 aliphatic carbocycles. The highest BCUT2D eigenvalue weighted by Gasteiger charge is 2.48. The molecule has 1 aliphatic rings. The number of hydrogen-bond acceptors (Lipinski definition) is 5. The molecule has 0 radical (unpaired) electrons. The molecule has 1 aliphatic heterocycles. The van der Waals surface area contributed by atoms with Crippen molar-refractivity contribution < 1.29 is 14.7 Å². The molecule has 0 bridgehead atoms. The molecular formula is C26H26N2O3S. The van der Waals surface area contributed by atoms with Crippen molar-refractivity contribution in [2.75, 3.05) is 4.90 Å². The Kier molecular flexibility index (Phi) is 5.73. The van der Waals surface area contributed by atoms with E-state index >= 15 is 0 Å². The van der Waals surface area contributed by atoms with E-state index in [1.54, 1.807) is 12.1 Å². The zero-order valence-corrected chi connectivity index (χ0v) is 19.7. The normalized spacial score (nSPS) is 18.1. The first kappa shape index (κ1) is 22.0. The molecule has 2 heterocycles. The first-order valence-electron chi connectivity index (χ1n) is 10.6. The highest BCUT2D eigenvalue weighted by Crippen LogP contribution is 2.43. The number of thiazole rings is 1. The minimum absolute atomic E-state index is 0.0849. The van der Waals surface area contributed by atoms with Gasteiger partial charge < -0.3 is 5.11 Å². The van der Waals surface area contributed by atoms with Crippen LogP contribution in [0.1, 0.15) is 58.6 Å². The number of nitrogens with zero attached hydrogens (tertiary/aromatic N) is 2. The highest BCUT2D eigenvalue weighted by molar-refractivity contribution is 7.16. The maximum Gasteiger partial charge on any atom is 0.301 e. The number of aryl methyl sites for hydroxylation is 3. The fraction of sp³-hybridized carbons (Fsp3) is 0.269. The number of benzene rings is 2. The second kappa shape index (κ2) is 8.36. The summed E-state index contributed by atoms with van der Waals surface area (Å²) in [5, 5.41) is 11.6. The number of Topliss-reactive ketones (excluding diaryl/α,β-unsaturated/α-hetero) is 1. The monoisotopic (exact) mass is 446 g/mol. The van der Waals surface area contributed by atoms with E-state index < -0.39 is 17.7 Å². The summed E-state index contributed by atoms with van der Waals surface area (Å²) in [4.78, 5) is 33.3. The number of rotatable bonds is 4. The van der Waals surface area contributed by atoms with Gasteiger partial charge in [0.25, 0.3) is 5.78 Å². The number of ketones is 1. The van der Waals surface area contributed by atoms with E-state index in [4.69, 9.17) is 0 Å². The van der Waals surface area contributed by atoms with Crippen LogP contribution in [-0.2, 0) is 9.59 Å². The lowest BCUT2D eigenvalue weighted by atomic mass is 9.93. The van der Waals surface area contributed by atoms with E-state index in [-0.39, 0.29) is 11.3 Å². The molecule has 0 saturated carbocycles. The van der Waals surface area contributed by atoms with Crippen LogP contribution in [0.4, 0.5) is 5.13 Å². The fourth-order valence-corrected chi connectivity index (χ4v) is 4.77. The molecule has 1 saturated heterocycles. The van der Waals surface area contributed by atoms with Crippen LogP contribution in [0.3, 0.4) is 0 Å². The smallest absolute Gasteiger partial charge is 0.301 e. The SMILES string of the molecule is Cc1ccc(C(O)=C2C(=O)C(=O)N(c3nc(C)c(C)s3)[C@H]2c2ccc(C(C)C)cc2)cc1. The van der Waals surface area contributed by atoms with Gasteiger partial charge in [-0.1, -0.05) is 67.9 Å². The Morgan fingerprint density at radius 2 is 1.62 bits per heavy atom. The zero-order chi connectivity index (χ0) is 23.2. The largest absolute Gasteiger partial charge is 0.507 e. The maximum absolute atomic E-state index is 13.2. The molecule has 1 N–H and O–H groups in total. The Morgan fingerprint density at radius 3 is 2.16 bits per heavy atom. The summed E-state index contributed by atoms with van der Waals surface area (Å²) in [5.74, 6) is -1.20. The van der Waals surface area contributed by atoms with E-state index in [1.165, 1.54) is 16.2 Å². The number of aliphatic hydroxyl groups is 1. The summed E-state index contributed by atoms with van der Waals surface area (Å²) in [6.45, 7) is 9.99. The van der Waals surface area contributed by atoms with Crippen molar-refractivity contribution in [2.24, 2.45) is 0 Å². The van der Waals surface area contributed by atoms with Gasteiger partial charge >= 0.3 is 5.91 Å². The lowest BCUT2D eigenvalue weighted by Crippen LogP contribution is -2.29. The second-order valence-electron chi connectivity index (χ2n) is 8.49. The van der Waals surface area contributed by atoms with Crippen molar-refractivity contribution >= 4 is 33.9 Å². The van der Waals surface area contributed by atoms with Crippen molar-refractivity contribution in [1.29, 1.82) is 0 Å². The van der Waals surface area contributed by atoms with E-state index in [0.717, 1.165) is 27.3 Å². The van der Waals surface area contributed by atoms with Crippen molar-refractivity contribution in [2.45, 2.75) is 46.6 Å². The third-order valence-corrected chi connectivity index (χ3v) is 6.98. The van der Waals surface area contributed by atoms with E-state index in [0.29, 0.717) is 16.6 Å². The predicted molar refractivity (Wildman–Crippen MR) is 128 cm³/mol. The van der Waals surface area contributed by atoms with Crippen molar-refractivity contribution in [3.63, 3.8) is 0 Å². The third-order valence-electron chi connectivity index (χ3n) is 5.91. The molecule has 1 fully saturated rings. The molecule has 1 aromatic heterocycles. The first-order chi connectivity index (χ1) is 15.2. The van der Waals surface area contributed by atoms with Gasteiger partial charge in [-0.3, -0.25) is 14.5 Å². The van der Waals surface area contributed by atoms with Crippen LogP contribution in [-0.4, -0.2) is 21.8 Å². The first-order valence-corrected chi connectivity index (χ1v) is 11.4. The highest BCUT2D eigenvalue weighted by atomic mass is 32.1. The molecule has 4 rings (SSSR count). The van der Waals surface area contributed by atoms with Crippen LogP contribution >= 0.6 is 11.3 Å². The number of anilines is 1. The molecule has 6 heteroatoms. The Hall–Kier alpha value is -3.25. The fourth-order valence-electron chi connectivity index (χ4n) is 3.83. The van der Waals surface area contributed by atoms with Gasteiger partial charge in [0.15, 0.2) is 5.13 Å². The quantitative estimate of drug-likeness (QED) is 0.311. The number of hydrogen-bond donors (Lipinski definition) is 1. The molecule has 164 valence electrons. The average Bonchev–Trinajstić information content (AvgIpc) is 3.23. The molecule has 5 nitrogen and oxygen atoms in total. The molecule has 0 spiro atoms. The number of aliphatic hydroxyl groups excluding tert-OH is 1. The number of carbonyl (C=O) groups excluding carboxylic acids is 2. The summed E-state index contributed by atoms with van der Waals surface area (Å²) >= 11 is 1.37. The molecule has 32 heavy (non-hydrogen) atoms. The van der Waals surface area contributed by atoms with Crippen molar-refractivity contribution in [3.05, 3.63) is 86.9 Å². The van der Waals surface area contributed by atoms with Crippen LogP contribution in [0.5, 0.6) is 0 Å². The van der Waals surface area contributed by atoms with Gasteiger partial charge in [-0.25, -0.2) is 4.98 Å². The average molecular weight is 447 g/mol. The Morgan fingerprint density at radius 1 is 1.00 bits per heavy atom. The minimum atomic E-state index is -0.748. The van der Waals surface area contributed by atoms with Gasteiger partial charge in [-0.15, -0.1) is 11.3 Å². The number of aromatic nitrogens is 1. The summed E-state index contributed by atoms with van der Waals surface area (Å²) in [5.41, 5.74) is 4.36. The van der Waals surface area contributed by atoms with Gasteiger partial charge in [-0.2, -0.15) is 0 Å². The van der Waals surface area contributed by atoms with Gasteiger partial charge in [-0.05, 0) is 37.8 Å². The molecule has 1 atom stereocenters. The van der Waals surface area contributed by atoms with Crippen molar-refractivity contribution in [3.8, 4) is 0 Å². The minimum Gasteiger partial charge on any atom is -0.507 e. The van der Waals surface area contributed by atoms with Crippen LogP contribution in [0.25, 0.3) is 5.76 Å². The number of carbonyl (C=O) groups is 2. The summed E-state index contributed by atoms with van der Waals surface area (Å²) in [7, 11) is 0. The summed E-state index contributed by atoms with van der Waals surface area (Å²) < 4.78 is 0. The molecular weight excluding hydrogens is 420 g/mol. The molecule has 2 aromatic carbocycles. The van der Waals surface area contributed by atoms with Crippen LogP contribution in [0.2, 0.25) is 0 Å². The summed E-state index contributed by atoms with van der Waals surface area (Å²) in [6.07, 6.45) is 0. The Labute approximate surface area is 192 Å². The Bertz CT molecular complexity index is 1200. The second-order valence-corrected chi connectivity index (χ2v) is 9.68.